The van der Waals surface area contributed by atoms with Gasteiger partial charge >= 0.3 is 5.97 Å². The molecule has 0 saturated heterocycles. The highest BCUT2D eigenvalue weighted by atomic mass is 16.4. The Balaban J connectivity index is 3.94. The zero-order chi connectivity index (χ0) is 20.7. The van der Waals surface area contributed by atoms with Crippen LogP contribution in [-0.2, 0) is 19.2 Å². The summed E-state index contributed by atoms with van der Waals surface area (Å²) in [5, 5.41) is 13.7. The standard InChI is InChI=1S/C19H35N3O5/c1-3-4-5-6-7-8-9-10-11-12-17(24)21-14(2)18(25)22-15(19(26)27)13-16(20)23/h14-15H,3-13H2,1-2H3,(H2,20,23)(H,21,24)(H,22,25)(H,26,27)/t14-,15-/m0/s1. The number of primary amides is 1. The van der Waals surface area contributed by atoms with E-state index in [1.165, 1.54) is 45.4 Å². The van der Waals surface area contributed by atoms with Crippen LogP contribution in [-0.4, -0.2) is 40.9 Å². The van der Waals surface area contributed by atoms with Gasteiger partial charge < -0.3 is 21.5 Å². The van der Waals surface area contributed by atoms with E-state index >= 15 is 0 Å². The topological polar surface area (TPSA) is 139 Å². The van der Waals surface area contributed by atoms with Crippen LogP contribution in [0.3, 0.4) is 0 Å². The maximum absolute atomic E-state index is 12.0. The molecular weight excluding hydrogens is 350 g/mol. The van der Waals surface area contributed by atoms with Crippen molar-refractivity contribution in [3.8, 4) is 0 Å². The van der Waals surface area contributed by atoms with Crippen LogP contribution in [0.1, 0.15) is 84.5 Å². The van der Waals surface area contributed by atoms with Gasteiger partial charge in [-0.2, -0.15) is 0 Å². The van der Waals surface area contributed by atoms with Gasteiger partial charge in [-0.05, 0) is 13.3 Å². The molecule has 0 aromatic carbocycles. The van der Waals surface area contributed by atoms with E-state index in [4.69, 9.17) is 10.8 Å². The Hall–Kier alpha value is -2.12. The average Bonchev–Trinajstić information content (AvgIpc) is 2.59. The zero-order valence-corrected chi connectivity index (χ0v) is 16.6. The van der Waals surface area contributed by atoms with Crippen molar-refractivity contribution in [2.45, 2.75) is 96.6 Å². The number of carboxylic acids is 1. The minimum absolute atomic E-state index is 0.248. The summed E-state index contributed by atoms with van der Waals surface area (Å²) in [5.74, 6) is -3.09. The lowest BCUT2D eigenvalue weighted by Gasteiger charge is -2.17. The Bertz CT molecular complexity index is 482. The average molecular weight is 386 g/mol. The number of rotatable bonds is 16. The van der Waals surface area contributed by atoms with Crippen LogP contribution < -0.4 is 16.4 Å². The molecule has 2 atom stereocenters. The van der Waals surface area contributed by atoms with Crippen molar-refractivity contribution in [2.75, 3.05) is 0 Å². The lowest BCUT2D eigenvalue weighted by molar-refractivity contribution is -0.143. The van der Waals surface area contributed by atoms with E-state index in [1.807, 2.05) is 0 Å². The molecule has 0 aliphatic heterocycles. The maximum atomic E-state index is 12.0. The summed E-state index contributed by atoms with van der Waals surface area (Å²) in [6, 6.07) is -2.28. The van der Waals surface area contributed by atoms with Crippen molar-refractivity contribution < 1.29 is 24.3 Å². The molecule has 0 aromatic rings. The predicted octanol–water partition coefficient (Wildman–Crippen LogP) is 1.86. The normalized spacial score (nSPS) is 12.8. The first kappa shape index (κ1) is 24.9. The number of nitrogens with one attached hydrogen (secondary N) is 2. The number of nitrogens with two attached hydrogens (primary N) is 1. The van der Waals surface area contributed by atoms with Gasteiger partial charge in [-0.25, -0.2) is 4.79 Å². The minimum Gasteiger partial charge on any atom is -0.480 e. The second kappa shape index (κ2) is 15.0. The number of hydrogen-bond donors (Lipinski definition) is 4. The molecule has 3 amide bonds. The first-order valence-corrected chi connectivity index (χ1v) is 9.88. The third-order valence-corrected chi connectivity index (χ3v) is 4.30. The van der Waals surface area contributed by atoms with Crippen molar-refractivity contribution in [3.05, 3.63) is 0 Å². The van der Waals surface area contributed by atoms with Gasteiger partial charge in [0.1, 0.15) is 12.1 Å². The van der Waals surface area contributed by atoms with Crippen LogP contribution in [0.15, 0.2) is 0 Å². The summed E-state index contributed by atoms with van der Waals surface area (Å²) in [6.07, 6.45) is 10.2. The van der Waals surface area contributed by atoms with Gasteiger partial charge in [0.05, 0.1) is 6.42 Å². The summed E-state index contributed by atoms with van der Waals surface area (Å²) < 4.78 is 0. The largest absolute Gasteiger partial charge is 0.480 e. The molecule has 0 spiro atoms. The molecule has 156 valence electrons. The van der Waals surface area contributed by atoms with Gasteiger partial charge in [0, 0.05) is 6.42 Å². The molecule has 8 heteroatoms. The number of carboxylic acid groups (broad SMARTS) is 1. The summed E-state index contributed by atoms with van der Waals surface area (Å²) in [6.45, 7) is 3.66. The molecule has 0 bridgehead atoms. The molecular formula is C19H35N3O5. The van der Waals surface area contributed by atoms with E-state index in [-0.39, 0.29) is 5.91 Å². The van der Waals surface area contributed by atoms with Gasteiger partial charge in [0.25, 0.3) is 0 Å². The lowest BCUT2D eigenvalue weighted by atomic mass is 10.1. The highest BCUT2D eigenvalue weighted by molar-refractivity contribution is 5.91. The Morgan fingerprint density at radius 3 is 1.89 bits per heavy atom. The number of carbonyl (C=O) groups excluding carboxylic acids is 3. The fraction of sp³-hybridized carbons (Fsp3) is 0.789. The summed E-state index contributed by atoms with van der Waals surface area (Å²) >= 11 is 0. The highest BCUT2D eigenvalue weighted by Crippen LogP contribution is 2.10. The molecule has 0 saturated carbocycles. The second-order valence-corrected chi connectivity index (χ2v) is 6.94. The molecule has 8 nitrogen and oxygen atoms in total. The van der Waals surface area contributed by atoms with Crippen LogP contribution >= 0.6 is 0 Å². The second-order valence-electron chi connectivity index (χ2n) is 6.94. The van der Waals surface area contributed by atoms with Crippen molar-refractivity contribution in [3.63, 3.8) is 0 Å². The Labute approximate surface area is 161 Å². The molecule has 0 rings (SSSR count). The Morgan fingerprint density at radius 2 is 1.41 bits per heavy atom. The molecule has 0 aliphatic carbocycles. The Kier molecular flexibility index (Phi) is 13.8. The van der Waals surface area contributed by atoms with E-state index < -0.39 is 36.3 Å². The number of aliphatic carboxylic acids is 1. The van der Waals surface area contributed by atoms with Crippen LogP contribution in [0.2, 0.25) is 0 Å². The number of unbranched alkanes of at least 4 members (excludes halogenated alkanes) is 8. The van der Waals surface area contributed by atoms with Gasteiger partial charge in [0.2, 0.25) is 17.7 Å². The van der Waals surface area contributed by atoms with Crippen molar-refractivity contribution in [2.24, 2.45) is 5.73 Å². The van der Waals surface area contributed by atoms with E-state index in [9.17, 15) is 19.2 Å². The first-order chi connectivity index (χ1) is 12.8. The van der Waals surface area contributed by atoms with Crippen molar-refractivity contribution >= 4 is 23.7 Å². The van der Waals surface area contributed by atoms with E-state index in [2.05, 4.69) is 17.6 Å². The van der Waals surface area contributed by atoms with Crippen LogP contribution in [0, 0.1) is 0 Å². The quantitative estimate of drug-likeness (QED) is 0.300. The maximum Gasteiger partial charge on any atom is 0.326 e. The van der Waals surface area contributed by atoms with Gasteiger partial charge in [0.15, 0.2) is 0 Å². The van der Waals surface area contributed by atoms with Crippen molar-refractivity contribution in [1.29, 1.82) is 0 Å². The molecule has 27 heavy (non-hydrogen) atoms. The summed E-state index contributed by atoms with van der Waals surface area (Å²) in [5.41, 5.74) is 4.96. The van der Waals surface area contributed by atoms with Gasteiger partial charge in [-0.1, -0.05) is 58.3 Å². The third-order valence-electron chi connectivity index (χ3n) is 4.30. The predicted molar refractivity (Wildman–Crippen MR) is 103 cm³/mol. The lowest BCUT2D eigenvalue weighted by Crippen LogP contribution is -2.51. The molecule has 0 radical (unpaired) electrons. The smallest absolute Gasteiger partial charge is 0.326 e. The summed E-state index contributed by atoms with van der Waals surface area (Å²) in [4.78, 5) is 45.7. The number of amides is 3. The third kappa shape index (κ3) is 13.7. The van der Waals surface area contributed by atoms with Crippen LogP contribution in [0.4, 0.5) is 0 Å². The van der Waals surface area contributed by atoms with Crippen LogP contribution in [0.5, 0.6) is 0 Å². The zero-order valence-electron chi connectivity index (χ0n) is 16.6. The molecule has 0 aromatic heterocycles. The fourth-order valence-corrected chi connectivity index (χ4v) is 2.67. The minimum atomic E-state index is -1.40. The first-order valence-electron chi connectivity index (χ1n) is 9.88. The monoisotopic (exact) mass is 385 g/mol. The Morgan fingerprint density at radius 1 is 0.889 bits per heavy atom. The van der Waals surface area contributed by atoms with Gasteiger partial charge in [-0.15, -0.1) is 0 Å². The van der Waals surface area contributed by atoms with E-state index in [0.717, 1.165) is 19.3 Å². The number of hydrogen-bond acceptors (Lipinski definition) is 4. The summed E-state index contributed by atoms with van der Waals surface area (Å²) in [7, 11) is 0. The van der Waals surface area contributed by atoms with Crippen molar-refractivity contribution in [1.82, 2.24) is 10.6 Å². The molecule has 0 heterocycles. The molecule has 5 N–H and O–H groups in total. The fourth-order valence-electron chi connectivity index (χ4n) is 2.67. The molecule has 0 unspecified atom stereocenters. The van der Waals surface area contributed by atoms with E-state index in [0.29, 0.717) is 6.42 Å². The SMILES string of the molecule is CCCCCCCCCCCC(=O)N[C@@H](C)C(=O)N[C@@H](CC(N)=O)C(=O)O. The number of carbonyl (C=O) groups is 4. The van der Waals surface area contributed by atoms with Gasteiger partial charge in [-0.3, -0.25) is 14.4 Å². The molecule has 0 fully saturated rings. The highest BCUT2D eigenvalue weighted by Gasteiger charge is 2.25. The van der Waals surface area contributed by atoms with E-state index in [1.54, 1.807) is 0 Å². The molecule has 0 aliphatic rings. The van der Waals surface area contributed by atoms with Crippen LogP contribution in [0.25, 0.3) is 0 Å².